The smallest absolute Gasteiger partial charge is 0.303 e. The van der Waals surface area contributed by atoms with Crippen molar-refractivity contribution in [1.82, 2.24) is 19.5 Å². The van der Waals surface area contributed by atoms with E-state index in [9.17, 15) is 14.4 Å². The molecular weight excluding hydrogens is 460 g/mol. The average molecular weight is 476 g/mol. The van der Waals surface area contributed by atoms with Gasteiger partial charge in [0.1, 0.15) is 11.6 Å². The Labute approximate surface area is 172 Å². The summed E-state index contributed by atoms with van der Waals surface area (Å²) in [5, 5.41) is 0.144. The average Bonchev–Trinajstić information content (AvgIpc) is 3.09. The van der Waals surface area contributed by atoms with Crippen LogP contribution in [0, 0.1) is 0 Å². The third kappa shape index (κ3) is 4.09. The number of carbonyl (C=O) groups is 3. The van der Waals surface area contributed by atoms with Crippen molar-refractivity contribution in [3.8, 4) is 0 Å². The number of halogens is 2. The molecule has 0 unspecified atom stereocenters. The van der Waals surface area contributed by atoms with Gasteiger partial charge in [-0.25, -0.2) is 15.0 Å². The number of nitrogens with zero attached hydrogens (tertiary/aromatic N) is 4. The highest BCUT2D eigenvalue weighted by Gasteiger charge is 2.51. The number of carbonyl (C=O) groups excluding carboxylic acids is 3. The van der Waals surface area contributed by atoms with Crippen LogP contribution in [0.3, 0.4) is 0 Å². The Morgan fingerprint density at radius 2 is 1.68 bits per heavy atom. The van der Waals surface area contributed by atoms with Gasteiger partial charge in [-0.05, 0) is 15.9 Å². The fourth-order valence-electron chi connectivity index (χ4n) is 3.31. The number of hydrogen-bond donors (Lipinski definition) is 0. The molecule has 2 heterocycles. The number of fused-ring (bicyclic) bond motifs is 1. The van der Waals surface area contributed by atoms with Gasteiger partial charge in [0, 0.05) is 27.2 Å². The van der Waals surface area contributed by atoms with Crippen molar-refractivity contribution < 1.29 is 28.6 Å². The molecule has 0 aliphatic heterocycles. The van der Waals surface area contributed by atoms with Gasteiger partial charge in [0.05, 0.1) is 12.4 Å². The number of imidazole rings is 1. The SMILES string of the molecule is CC(=O)O[C@@H]1[C@H](OC(C)=O)[C@@H](OC(C)=O)C[C@H]1n1cnc2c(Cl)nc(Br)nc21. The van der Waals surface area contributed by atoms with E-state index in [2.05, 4.69) is 30.9 Å². The Balaban J connectivity index is 2.08. The van der Waals surface area contributed by atoms with Gasteiger partial charge in [-0.3, -0.25) is 14.4 Å². The van der Waals surface area contributed by atoms with E-state index in [4.69, 9.17) is 25.8 Å². The minimum absolute atomic E-state index is 0.144. The maximum absolute atomic E-state index is 11.7. The molecule has 28 heavy (non-hydrogen) atoms. The summed E-state index contributed by atoms with van der Waals surface area (Å²) in [4.78, 5) is 47.3. The van der Waals surface area contributed by atoms with Crippen molar-refractivity contribution in [3.05, 3.63) is 16.2 Å². The van der Waals surface area contributed by atoms with Gasteiger partial charge in [0.15, 0.2) is 27.7 Å². The molecule has 2 aromatic rings. The standard InChI is InChI=1S/C16H16BrClN4O6/c1-6(23)26-10-4-9(12(27-7(2)24)13(10)28-8(3)25)22-5-19-11-14(18)20-16(17)21-15(11)22/h5,9-10,12-13H,4H2,1-3H3/t9-,10+,12+,13-/m1/s1. The van der Waals surface area contributed by atoms with Crippen LogP contribution in [0.2, 0.25) is 5.15 Å². The zero-order valence-electron chi connectivity index (χ0n) is 15.1. The Morgan fingerprint density at radius 1 is 1.07 bits per heavy atom. The molecule has 150 valence electrons. The first-order valence-electron chi connectivity index (χ1n) is 8.24. The maximum Gasteiger partial charge on any atom is 0.303 e. The molecule has 0 spiro atoms. The number of hydrogen-bond acceptors (Lipinski definition) is 9. The molecule has 1 aliphatic rings. The summed E-state index contributed by atoms with van der Waals surface area (Å²) in [6.07, 6.45) is -1.03. The van der Waals surface area contributed by atoms with E-state index in [1.54, 1.807) is 4.57 Å². The highest BCUT2D eigenvalue weighted by molar-refractivity contribution is 9.10. The second-order valence-electron chi connectivity index (χ2n) is 6.21. The maximum atomic E-state index is 11.7. The minimum atomic E-state index is -0.978. The van der Waals surface area contributed by atoms with E-state index in [1.807, 2.05) is 0 Å². The van der Waals surface area contributed by atoms with E-state index in [0.29, 0.717) is 11.2 Å². The molecule has 0 amide bonds. The van der Waals surface area contributed by atoms with Crippen LogP contribution < -0.4 is 0 Å². The summed E-state index contributed by atoms with van der Waals surface area (Å²) >= 11 is 9.30. The van der Waals surface area contributed by atoms with Crippen LogP contribution in [0.5, 0.6) is 0 Å². The molecule has 0 saturated heterocycles. The Bertz CT molecular complexity index is 951. The largest absolute Gasteiger partial charge is 0.458 e. The van der Waals surface area contributed by atoms with E-state index in [1.165, 1.54) is 27.1 Å². The molecule has 0 N–H and O–H groups in total. The predicted octanol–water partition coefficient (Wildman–Crippen LogP) is 1.98. The van der Waals surface area contributed by atoms with E-state index in [-0.39, 0.29) is 16.3 Å². The van der Waals surface area contributed by atoms with Gasteiger partial charge in [-0.1, -0.05) is 11.6 Å². The van der Waals surface area contributed by atoms with Gasteiger partial charge < -0.3 is 18.8 Å². The lowest BCUT2D eigenvalue weighted by Gasteiger charge is -2.26. The fraction of sp³-hybridized carbons (Fsp3) is 0.500. The second kappa shape index (κ2) is 8.00. The Morgan fingerprint density at radius 3 is 2.29 bits per heavy atom. The molecule has 1 aliphatic carbocycles. The molecule has 12 heteroatoms. The molecule has 1 saturated carbocycles. The quantitative estimate of drug-likeness (QED) is 0.283. The summed E-state index contributed by atoms with van der Waals surface area (Å²) in [7, 11) is 0. The minimum Gasteiger partial charge on any atom is -0.458 e. The lowest BCUT2D eigenvalue weighted by atomic mass is 10.2. The van der Waals surface area contributed by atoms with Gasteiger partial charge >= 0.3 is 17.9 Å². The Hall–Kier alpha value is -2.27. The lowest BCUT2D eigenvalue weighted by Crippen LogP contribution is -2.40. The van der Waals surface area contributed by atoms with Gasteiger partial charge in [-0.2, -0.15) is 0 Å². The molecule has 0 bridgehead atoms. The summed E-state index contributed by atoms with van der Waals surface area (Å²) in [5.74, 6) is -1.72. The summed E-state index contributed by atoms with van der Waals surface area (Å²) in [6, 6.07) is -0.569. The van der Waals surface area contributed by atoms with Gasteiger partial charge in [0.25, 0.3) is 0 Å². The molecule has 4 atom stereocenters. The molecule has 0 aromatic carbocycles. The summed E-state index contributed by atoms with van der Waals surface area (Å²) in [5.41, 5.74) is 0.741. The van der Waals surface area contributed by atoms with Crippen LogP contribution in [0.4, 0.5) is 0 Å². The first-order chi connectivity index (χ1) is 13.2. The van der Waals surface area contributed by atoms with Crippen LogP contribution in [0.15, 0.2) is 11.1 Å². The molecule has 2 aromatic heterocycles. The Kier molecular flexibility index (Phi) is 5.84. The topological polar surface area (TPSA) is 123 Å². The number of rotatable bonds is 4. The van der Waals surface area contributed by atoms with Gasteiger partial charge in [0.2, 0.25) is 0 Å². The molecule has 1 fully saturated rings. The molecule has 10 nitrogen and oxygen atoms in total. The van der Waals surface area contributed by atoms with Crippen molar-refractivity contribution in [3.63, 3.8) is 0 Å². The first kappa shape index (κ1) is 20.5. The van der Waals surface area contributed by atoms with Crippen LogP contribution >= 0.6 is 27.5 Å². The number of esters is 3. The van der Waals surface area contributed by atoms with Gasteiger partial charge in [-0.15, -0.1) is 0 Å². The zero-order valence-corrected chi connectivity index (χ0v) is 17.4. The molecule has 3 rings (SSSR count). The highest BCUT2D eigenvalue weighted by Crippen LogP contribution is 2.39. The summed E-state index contributed by atoms with van der Waals surface area (Å²) in [6.45, 7) is 3.71. The van der Waals surface area contributed by atoms with Crippen LogP contribution in [-0.2, 0) is 28.6 Å². The van der Waals surface area contributed by atoms with E-state index >= 15 is 0 Å². The van der Waals surface area contributed by atoms with Crippen LogP contribution in [0.25, 0.3) is 11.2 Å². The van der Waals surface area contributed by atoms with Crippen molar-refractivity contribution >= 4 is 56.6 Å². The third-order valence-corrected chi connectivity index (χ3v) is 4.79. The number of aromatic nitrogens is 4. The second-order valence-corrected chi connectivity index (χ2v) is 7.27. The summed E-state index contributed by atoms with van der Waals surface area (Å²) < 4.78 is 18.0. The first-order valence-corrected chi connectivity index (χ1v) is 9.41. The lowest BCUT2D eigenvalue weighted by molar-refractivity contribution is -0.175. The van der Waals surface area contributed by atoms with Crippen molar-refractivity contribution in [2.45, 2.75) is 51.5 Å². The van der Waals surface area contributed by atoms with Crippen LogP contribution in [0.1, 0.15) is 33.2 Å². The van der Waals surface area contributed by atoms with E-state index in [0.717, 1.165) is 0 Å². The normalized spacial score (nSPS) is 24.2. The number of ether oxygens (including phenoxy) is 3. The van der Waals surface area contributed by atoms with E-state index < -0.39 is 42.3 Å². The van der Waals surface area contributed by atoms with Crippen LogP contribution in [-0.4, -0.2) is 55.7 Å². The van der Waals surface area contributed by atoms with Crippen molar-refractivity contribution in [2.24, 2.45) is 0 Å². The fourth-order valence-corrected chi connectivity index (χ4v) is 3.97. The zero-order chi connectivity index (χ0) is 20.6. The monoisotopic (exact) mass is 474 g/mol. The van der Waals surface area contributed by atoms with Crippen molar-refractivity contribution in [1.29, 1.82) is 0 Å². The van der Waals surface area contributed by atoms with Crippen molar-refractivity contribution in [2.75, 3.05) is 0 Å². The molecule has 0 radical (unpaired) electrons. The molecular formula is C16H16BrClN4O6. The third-order valence-electron chi connectivity index (χ3n) is 4.17. The predicted molar refractivity (Wildman–Crippen MR) is 98.3 cm³/mol. The highest BCUT2D eigenvalue weighted by atomic mass is 79.9.